The highest BCUT2D eigenvalue weighted by Gasteiger charge is 2.20. The maximum Gasteiger partial charge on any atom is 0.325 e. The molecule has 2 unspecified atom stereocenters. The van der Waals surface area contributed by atoms with Crippen molar-refractivity contribution in [3.8, 4) is 5.75 Å². The molecule has 18 heavy (non-hydrogen) atoms. The molecule has 2 atom stereocenters. The van der Waals surface area contributed by atoms with Gasteiger partial charge in [-0.3, -0.25) is 9.59 Å². The van der Waals surface area contributed by atoms with Gasteiger partial charge in [-0.1, -0.05) is 17.7 Å². The fraction of sp³-hybridized carbons (Fsp3) is 0.385. The van der Waals surface area contributed by atoms with Crippen LogP contribution in [0.4, 0.5) is 0 Å². The first-order valence-electron chi connectivity index (χ1n) is 5.66. The van der Waals surface area contributed by atoms with Crippen molar-refractivity contribution in [2.75, 3.05) is 0 Å². The van der Waals surface area contributed by atoms with Crippen LogP contribution in [-0.2, 0) is 9.59 Å². The summed E-state index contributed by atoms with van der Waals surface area (Å²) < 4.78 is 5.41. The molecule has 0 spiro atoms. The Morgan fingerprint density at radius 2 is 1.78 bits per heavy atom. The van der Waals surface area contributed by atoms with E-state index in [4.69, 9.17) is 9.84 Å². The standard InChI is InChI=1S/C13H17NO4/c1-8-4-6-11(7-5-8)18-10(3)12(15)14-9(2)13(16)17/h4-7,9-10H,1-3H3,(H,14,15)(H,16,17). The van der Waals surface area contributed by atoms with Crippen molar-refractivity contribution in [3.05, 3.63) is 29.8 Å². The fourth-order valence-electron chi connectivity index (χ4n) is 1.27. The quantitative estimate of drug-likeness (QED) is 0.828. The van der Waals surface area contributed by atoms with Gasteiger partial charge in [0, 0.05) is 0 Å². The lowest BCUT2D eigenvalue weighted by atomic mass is 10.2. The van der Waals surface area contributed by atoms with E-state index in [0.29, 0.717) is 5.75 Å². The van der Waals surface area contributed by atoms with E-state index in [1.807, 2.05) is 19.1 Å². The van der Waals surface area contributed by atoms with E-state index in [2.05, 4.69) is 5.32 Å². The molecule has 0 aliphatic heterocycles. The minimum absolute atomic E-state index is 0.453. The monoisotopic (exact) mass is 251 g/mol. The Hall–Kier alpha value is -2.04. The number of amides is 1. The van der Waals surface area contributed by atoms with Crippen molar-refractivity contribution >= 4 is 11.9 Å². The number of hydrogen-bond donors (Lipinski definition) is 2. The molecule has 0 aliphatic rings. The zero-order chi connectivity index (χ0) is 13.7. The highest BCUT2D eigenvalue weighted by Crippen LogP contribution is 2.13. The summed E-state index contributed by atoms with van der Waals surface area (Å²) in [6.45, 7) is 4.93. The van der Waals surface area contributed by atoms with Gasteiger partial charge in [-0.05, 0) is 32.9 Å². The largest absolute Gasteiger partial charge is 0.481 e. The van der Waals surface area contributed by atoms with Gasteiger partial charge in [-0.15, -0.1) is 0 Å². The van der Waals surface area contributed by atoms with Crippen molar-refractivity contribution < 1.29 is 19.4 Å². The lowest BCUT2D eigenvalue weighted by Crippen LogP contribution is -2.44. The Balaban J connectivity index is 2.54. The van der Waals surface area contributed by atoms with Crippen molar-refractivity contribution in [1.82, 2.24) is 5.32 Å². The van der Waals surface area contributed by atoms with Crippen LogP contribution in [0.15, 0.2) is 24.3 Å². The topological polar surface area (TPSA) is 75.6 Å². The predicted molar refractivity (Wildman–Crippen MR) is 66.5 cm³/mol. The third kappa shape index (κ3) is 4.08. The molecule has 1 aromatic carbocycles. The van der Waals surface area contributed by atoms with Gasteiger partial charge in [-0.25, -0.2) is 0 Å². The molecule has 5 heteroatoms. The number of carbonyl (C=O) groups excluding carboxylic acids is 1. The number of aryl methyl sites for hydroxylation is 1. The van der Waals surface area contributed by atoms with Gasteiger partial charge in [0.2, 0.25) is 0 Å². The maximum atomic E-state index is 11.6. The van der Waals surface area contributed by atoms with Gasteiger partial charge in [0.15, 0.2) is 6.10 Å². The minimum Gasteiger partial charge on any atom is -0.481 e. The summed E-state index contributed by atoms with van der Waals surface area (Å²) in [5.74, 6) is -0.956. The number of carbonyl (C=O) groups is 2. The van der Waals surface area contributed by atoms with E-state index < -0.39 is 24.0 Å². The number of benzene rings is 1. The Labute approximate surface area is 106 Å². The molecule has 0 bridgehead atoms. The summed E-state index contributed by atoms with van der Waals surface area (Å²) in [6.07, 6.45) is -0.741. The minimum atomic E-state index is -1.08. The van der Waals surface area contributed by atoms with E-state index in [9.17, 15) is 9.59 Å². The summed E-state index contributed by atoms with van der Waals surface area (Å²) in [7, 11) is 0. The smallest absolute Gasteiger partial charge is 0.325 e. The summed E-state index contributed by atoms with van der Waals surface area (Å²) in [5.41, 5.74) is 1.10. The summed E-state index contributed by atoms with van der Waals surface area (Å²) in [6, 6.07) is 6.35. The van der Waals surface area contributed by atoms with Crippen LogP contribution in [0, 0.1) is 6.92 Å². The molecule has 0 saturated heterocycles. The third-order valence-electron chi connectivity index (χ3n) is 2.43. The van der Waals surface area contributed by atoms with Crippen LogP contribution in [-0.4, -0.2) is 29.1 Å². The number of hydrogen-bond acceptors (Lipinski definition) is 3. The number of carboxylic acid groups (broad SMARTS) is 1. The average Bonchev–Trinajstić information content (AvgIpc) is 2.31. The lowest BCUT2D eigenvalue weighted by Gasteiger charge is -2.16. The van der Waals surface area contributed by atoms with E-state index in [-0.39, 0.29) is 0 Å². The molecule has 98 valence electrons. The van der Waals surface area contributed by atoms with Crippen molar-refractivity contribution in [2.24, 2.45) is 0 Å². The summed E-state index contributed by atoms with van der Waals surface area (Å²) in [5, 5.41) is 11.0. The predicted octanol–water partition coefficient (Wildman–Crippen LogP) is 1.35. The lowest BCUT2D eigenvalue weighted by molar-refractivity contribution is -0.142. The van der Waals surface area contributed by atoms with Gasteiger partial charge in [0.1, 0.15) is 11.8 Å². The van der Waals surface area contributed by atoms with E-state index in [0.717, 1.165) is 5.56 Å². The Bertz CT molecular complexity index is 427. The molecule has 0 fully saturated rings. The molecule has 0 radical (unpaired) electrons. The molecule has 1 rings (SSSR count). The zero-order valence-corrected chi connectivity index (χ0v) is 10.6. The molecule has 0 aliphatic carbocycles. The fourth-order valence-corrected chi connectivity index (χ4v) is 1.27. The normalized spacial score (nSPS) is 13.5. The second-order valence-electron chi connectivity index (χ2n) is 4.14. The SMILES string of the molecule is Cc1ccc(OC(C)C(=O)NC(C)C(=O)O)cc1. The molecular formula is C13H17NO4. The van der Waals surface area contributed by atoms with Crippen molar-refractivity contribution in [3.63, 3.8) is 0 Å². The molecule has 1 aromatic rings. The zero-order valence-electron chi connectivity index (χ0n) is 10.6. The number of aliphatic carboxylic acids is 1. The van der Waals surface area contributed by atoms with Gasteiger partial charge in [0.25, 0.3) is 5.91 Å². The van der Waals surface area contributed by atoms with Crippen LogP contribution in [0.5, 0.6) is 5.75 Å². The Kier molecular flexibility index (Phi) is 4.71. The van der Waals surface area contributed by atoms with Crippen LogP contribution < -0.4 is 10.1 Å². The van der Waals surface area contributed by atoms with Crippen LogP contribution in [0.1, 0.15) is 19.4 Å². The third-order valence-corrected chi connectivity index (χ3v) is 2.43. The van der Waals surface area contributed by atoms with Crippen LogP contribution in [0.25, 0.3) is 0 Å². The van der Waals surface area contributed by atoms with Crippen molar-refractivity contribution in [1.29, 1.82) is 0 Å². The molecule has 0 heterocycles. The van der Waals surface area contributed by atoms with Crippen LogP contribution >= 0.6 is 0 Å². The van der Waals surface area contributed by atoms with Crippen LogP contribution in [0.2, 0.25) is 0 Å². The molecule has 0 saturated carbocycles. The molecule has 2 N–H and O–H groups in total. The maximum absolute atomic E-state index is 11.6. The number of ether oxygens (including phenoxy) is 1. The van der Waals surface area contributed by atoms with E-state index >= 15 is 0 Å². The van der Waals surface area contributed by atoms with Crippen molar-refractivity contribution in [2.45, 2.75) is 32.9 Å². The average molecular weight is 251 g/mol. The van der Waals surface area contributed by atoms with Gasteiger partial charge in [0.05, 0.1) is 0 Å². The molecule has 0 aromatic heterocycles. The van der Waals surface area contributed by atoms with Gasteiger partial charge < -0.3 is 15.2 Å². The Morgan fingerprint density at radius 1 is 1.22 bits per heavy atom. The second kappa shape index (κ2) is 6.05. The van der Waals surface area contributed by atoms with Gasteiger partial charge >= 0.3 is 5.97 Å². The second-order valence-corrected chi connectivity index (χ2v) is 4.14. The van der Waals surface area contributed by atoms with Gasteiger partial charge in [-0.2, -0.15) is 0 Å². The summed E-state index contributed by atoms with van der Waals surface area (Å²) in [4.78, 5) is 22.2. The number of rotatable bonds is 5. The highest BCUT2D eigenvalue weighted by atomic mass is 16.5. The number of carboxylic acids is 1. The first-order valence-corrected chi connectivity index (χ1v) is 5.66. The Morgan fingerprint density at radius 3 is 2.28 bits per heavy atom. The van der Waals surface area contributed by atoms with E-state index in [1.54, 1.807) is 19.1 Å². The number of nitrogens with one attached hydrogen (secondary N) is 1. The first kappa shape index (κ1) is 14.0. The molecular weight excluding hydrogens is 234 g/mol. The van der Waals surface area contributed by atoms with E-state index in [1.165, 1.54) is 6.92 Å². The summed E-state index contributed by atoms with van der Waals surface area (Å²) >= 11 is 0. The highest BCUT2D eigenvalue weighted by molar-refractivity contribution is 5.86. The molecule has 1 amide bonds. The molecule has 5 nitrogen and oxygen atoms in total. The first-order chi connectivity index (χ1) is 8.40. The van der Waals surface area contributed by atoms with Crippen LogP contribution in [0.3, 0.4) is 0 Å².